The summed E-state index contributed by atoms with van der Waals surface area (Å²) in [7, 11) is 0. The monoisotopic (exact) mass is 267 g/mol. The maximum absolute atomic E-state index is 11.3. The molecule has 0 bridgehead atoms. The molecule has 0 saturated carbocycles. The molecule has 0 unspecified atom stereocenters. The third-order valence-corrected chi connectivity index (χ3v) is 2.49. The maximum Gasteiger partial charge on any atom is 0.344 e. The number of carbonyl (C=O) groups excluding carboxylic acids is 1. The number of nitrogens with two attached hydrogens (primary N) is 1. The highest BCUT2D eigenvalue weighted by Gasteiger charge is 2.04. The Morgan fingerprint density at radius 1 is 1.33 bits per heavy atom. The van der Waals surface area contributed by atoms with Crippen molar-refractivity contribution in [2.24, 2.45) is 5.73 Å². The van der Waals surface area contributed by atoms with Gasteiger partial charge < -0.3 is 15.2 Å². The second-order valence-electron chi connectivity index (χ2n) is 3.75. The summed E-state index contributed by atoms with van der Waals surface area (Å²) in [6, 6.07) is 6.93. The van der Waals surface area contributed by atoms with E-state index >= 15 is 0 Å². The first kappa shape index (κ1) is 14.4. The lowest BCUT2D eigenvalue weighted by Gasteiger charge is -2.07. The molecule has 1 rings (SSSR count). The molecule has 1 aromatic carbocycles. The maximum atomic E-state index is 11.3. The topological polar surface area (TPSA) is 61.5 Å². The van der Waals surface area contributed by atoms with Gasteiger partial charge in [0.05, 0.1) is 6.61 Å². The summed E-state index contributed by atoms with van der Waals surface area (Å²) in [6.07, 6.45) is 1.86. The molecule has 0 spiro atoms. The van der Waals surface area contributed by atoms with Crippen LogP contribution in [0.5, 0.6) is 5.75 Å². The molecule has 0 aliphatic rings. The highest BCUT2D eigenvalue weighted by molar-refractivity contribution is 7.80. The second kappa shape index (κ2) is 7.66. The minimum atomic E-state index is -0.359. The fraction of sp³-hybridized carbons (Fsp3) is 0.385. The number of unbranched alkanes of at least 4 members (excludes halogenated alkanes) is 1. The van der Waals surface area contributed by atoms with E-state index in [1.54, 1.807) is 24.3 Å². The van der Waals surface area contributed by atoms with Crippen molar-refractivity contribution in [3.05, 3.63) is 29.8 Å². The van der Waals surface area contributed by atoms with Gasteiger partial charge in [0, 0.05) is 5.56 Å². The van der Waals surface area contributed by atoms with Crippen LogP contribution in [0.4, 0.5) is 0 Å². The van der Waals surface area contributed by atoms with Crippen molar-refractivity contribution >= 4 is 23.2 Å². The summed E-state index contributed by atoms with van der Waals surface area (Å²) >= 11 is 4.83. The van der Waals surface area contributed by atoms with Crippen molar-refractivity contribution in [3.8, 4) is 5.75 Å². The Kier molecular flexibility index (Phi) is 6.14. The van der Waals surface area contributed by atoms with Crippen LogP contribution >= 0.6 is 12.2 Å². The Labute approximate surface area is 112 Å². The molecule has 1 aromatic rings. The molecule has 5 heteroatoms. The largest absolute Gasteiger partial charge is 0.482 e. The van der Waals surface area contributed by atoms with Gasteiger partial charge in [-0.3, -0.25) is 0 Å². The van der Waals surface area contributed by atoms with Crippen LogP contribution in [0.1, 0.15) is 25.3 Å². The number of esters is 1. The van der Waals surface area contributed by atoms with Gasteiger partial charge in [0.15, 0.2) is 6.61 Å². The molecular formula is C13H17NO3S. The summed E-state index contributed by atoms with van der Waals surface area (Å²) in [5.41, 5.74) is 6.24. The summed E-state index contributed by atoms with van der Waals surface area (Å²) in [5.74, 6) is 0.226. The Hall–Kier alpha value is -1.62. The summed E-state index contributed by atoms with van der Waals surface area (Å²) in [4.78, 5) is 11.6. The molecule has 0 fully saturated rings. The number of hydrogen-bond donors (Lipinski definition) is 1. The molecule has 0 aromatic heterocycles. The van der Waals surface area contributed by atoms with E-state index in [9.17, 15) is 4.79 Å². The van der Waals surface area contributed by atoms with Crippen LogP contribution < -0.4 is 10.5 Å². The molecule has 98 valence electrons. The van der Waals surface area contributed by atoms with Crippen molar-refractivity contribution in [3.63, 3.8) is 0 Å². The number of thiocarbonyl (C=S) groups is 1. The number of hydrogen-bond acceptors (Lipinski definition) is 4. The molecule has 0 saturated heterocycles. The first-order valence-electron chi connectivity index (χ1n) is 5.81. The van der Waals surface area contributed by atoms with Gasteiger partial charge in [-0.15, -0.1) is 0 Å². The lowest BCUT2D eigenvalue weighted by atomic mass is 10.2. The average molecular weight is 267 g/mol. The molecule has 18 heavy (non-hydrogen) atoms. The zero-order valence-corrected chi connectivity index (χ0v) is 11.2. The smallest absolute Gasteiger partial charge is 0.344 e. The average Bonchev–Trinajstić information content (AvgIpc) is 2.37. The number of benzene rings is 1. The molecule has 0 aliphatic carbocycles. The highest BCUT2D eigenvalue weighted by Crippen LogP contribution is 2.12. The molecule has 0 radical (unpaired) electrons. The Balaban J connectivity index is 2.34. The fourth-order valence-electron chi connectivity index (χ4n) is 1.23. The van der Waals surface area contributed by atoms with Crippen LogP contribution in [0, 0.1) is 0 Å². The van der Waals surface area contributed by atoms with Gasteiger partial charge in [0.2, 0.25) is 0 Å². The van der Waals surface area contributed by atoms with Crippen LogP contribution in [-0.2, 0) is 9.53 Å². The second-order valence-corrected chi connectivity index (χ2v) is 4.19. The van der Waals surface area contributed by atoms with E-state index in [1.807, 2.05) is 6.92 Å². The third-order valence-electron chi connectivity index (χ3n) is 2.26. The summed E-state index contributed by atoms with van der Waals surface area (Å²) in [5, 5.41) is 0. The number of rotatable bonds is 7. The highest BCUT2D eigenvalue weighted by atomic mass is 32.1. The Morgan fingerprint density at radius 2 is 2.00 bits per heavy atom. The quantitative estimate of drug-likeness (QED) is 0.465. The van der Waals surface area contributed by atoms with Crippen molar-refractivity contribution in [1.82, 2.24) is 0 Å². The van der Waals surface area contributed by atoms with Gasteiger partial charge in [-0.2, -0.15) is 0 Å². The minimum absolute atomic E-state index is 0.0872. The third kappa shape index (κ3) is 5.14. The van der Waals surface area contributed by atoms with Gasteiger partial charge in [0.1, 0.15) is 10.7 Å². The number of carbonyl (C=O) groups is 1. The molecule has 4 nitrogen and oxygen atoms in total. The van der Waals surface area contributed by atoms with Crippen molar-refractivity contribution in [2.45, 2.75) is 19.8 Å². The first-order valence-corrected chi connectivity index (χ1v) is 6.22. The van der Waals surface area contributed by atoms with E-state index in [2.05, 4.69) is 0 Å². The van der Waals surface area contributed by atoms with E-state index in [0.717, 1.165) is 18.4 Å². The van der Waals surface area contributed by atoms with Crippen LogP contribution in [0.25, 0.3) is 0 Å². The Bertz CT molecular complexity index is 403. The lowest BCUT2D eigenvalue weighted by molar-refractivity contribution is -0.146. The van der Waals surface area contributed by atoms with Gasteiger partial charge >= 0.3 is 5.97 Å². The zero-order chi connectivity index (χ0) is 13.4. The minimum Gasteiger partial charge on any atom is -0.482 e. The van der Waals surface area contributed by atoms with Crippen molar-refractivity contribution in [2.75, 3.05) is 13.2 Å². The van der Waals surface area contributed by atoms with Gasteiger partial charge in [-0.25, -0.2) is 4.79 Å². The Morgan fingerprint density at radius 3 is 2.56 bits per heavy atom. The fourth-order valence-corrected chi connectivity index (χ4v) is 1.37. The standard InChI is InChI=1S/C13H17NO3S/c1-2-3-8-16-12(15)9-17-11-6-4-10(5-7-11)13(14)18/h4-7H,2-3,8-9H2,1H3,(H2,14,18). The number of ether oxygens (including phenoxy) is 2. The van der Waals surface area contributed by atoms with E-state index in [-0.39, 0.29) is 12.6 Å². The van der Waals surface area contributed by atoms with E-state index < -0.39 is 0 Å². The van der Waals surface area contributed by atoms with Crippen molar-refractivity contribution < 1.29 is 14.3 Å². The van der Waals surface area contributed by atoms with Crippen LogP contribution in [0.15, 0.2) is 24.3 Å². The van der Waals surface area contributed by atoms with Gasteiger partial charge in [0.25, 0.3) is 0 Å². The predicted octanol–water partition coefficient (Wildman–Crippen LogP) is 2.04. The molecule has 0 heterocycles. The van der Waals surface area contributed by atoms with Crippen LogP contribution in [0.2, 0.25) is 0 Å². The molecule has 2 N–H and O–H groups in total. The summed E-state index contributed by atoms with van der Waals surface area (Å²) < 4.78 is 10.2. The summed E-state index contributed by atoms with van der Waals surface area (Å²) in [6.45, 7) is 2.39. The molecular weight excluding hydrogens is 250 g/mol. The van der Waals surface area contributed by atoms with Gasteiger partial charge in [-0.1, -0.05) is 25.6 Å². The SMILES string of the molecule is CCCCOC(=O)COc1ccc(C(N)=S)cc1. The van der Waals surface area contributed by atoms with Crippen LogP contribution in [0.3, 0.4) is 0 Å². The van der Waals surface area contributed by atoms with Gasteiger partial charge in [-0.05, 0) is 30.7 Å². The van der Waals surface area contributed by atoms with Crippen molar-refractivity contribution in [1.29, 1.82) is 0 Å². The lowest BCUT2D eigenvalue weighted by Crippen LogP contribution is -2.15. The molecule has 0 amide bonds. The first-order chi connectivity index (χ1) is 8.63. The molecule has 0 atom stereocenters. The van der Waals surface area contributed by atoms with E-state index in [1.165, 1.54) is 0 Å². The normalized spacial score (nSPS) is 9.83. The van der Waals surface area contributed by atoms with Crippen LogP contribution in [-0.4, -0.2) is 24.2 Å². The van der Waals surface area contributed by atoms with E-state index in [0.29, 0.717) is 17.3 Å². The molecule has 0 aliphatic heterocycles. The zero-order valence-electron chi connectivity index (χ0n) is 10.3. The predicted molar refractivity (Wildman–Crippen MR) is 73.7 cm³/mol. The van der Waals surface area contributed by atoms with E-state index in [4.69, 9.17) is 27.4 Å².